The van der Waals surface area contributed by atoms with E-state index in [1.165, 1.54) is 5.56 Å². The van der Waals surface area contributed by atoms with Crippen LogP contribution in [0, 0.1) is 0 Å². The number of benzene rings is 1. The van der Waals surface area contributed by atoms with Crippen LogP contribution >= 0.6 is 39.1 Å². The topological polar surface area (TPSA) is 16.1 Å². The highest BCUT2D eigenvalue weighted by molar-refractivity contribution is 9.10. The fourth-order valence-electron chi connectivity index (χ4n) is 1.81. The van der Waals surface area contributed by atoms with Crippen molar-refractivity contribution in [1.82, 2.24) is 4.98 Å². The van der Waals surface area contributed by atoms with Gasteiger partial charge in [0.1, 0.15) is 5.82 Å². The summed E-state index contributed by atoms with van der Waals surface area (Å²) in [7, 11) is 0. The molecule has 2 nitrogen and oxygen atoms in total. The fraction of sp³-hybridized carbons (Fsp3) is 0.214. The zero-order valence-corrected chi connectivity index (χ0v) is 13.3. The summed E-state index contributed by atoms with van der Waals surface area (Å²) in [6.07, 6.45) is 1.65. The first-order chi connectivity index (χ1) is 9.20. The van der Waals surface area contributed by atoms with Crippen LogP contribution in [0.1, 0.15) is 5.56 Å². The third kappa shape index (κ3) is 4.10. The molecule has 0 amide bonds. The normalized spacial score (nSPS) is 10.5. The van der Waals surface area contributed by atoms with Crippen molar-refractivity contribution in [2.45, 2.75) is 6.54 Å². The molecule has 0 aliphatic rings. The van der Waals surface area contributed by atoms with Gasteiger partial charge in [0, 0.05) is 25.2 Å². The second-order valence-corrected chi connectivity index (χ2v) is 5.72. The molecule has 0 N–H and O–H groups in total. The second-order valence-electron chi connectivity index (χ2n) is 4.06. The maximum atomic E-state index is 5.92. The average molecular weight is 360 g/mol. The lowest BCUT2D eigenvalue weighted by Crippen LogP contribution is -2.26. The largest absolute Gasteiger partial charge is 0.350 e. The van der Waals surface area contributed by atoms with E-state index >= 15 is 0 Å². The Bertz CT molecular complexity index is 534. The first-order valence-electron chi connectivity index (χ1n) is 5.86. The highest BCUT2D eigenvalue weighted by Gasteiger charge is 2.12. The average Bonchev–Trinajstić information content (AvgIpc) is 2.39. The molecule has 0 radical (unpaired) electrons. The molecule has 100 valence electrons. The van der Waals surface area contributed by atoms with Gasteiger partial charge in [-0.25, -0.2) is 4.98 Å². The highest BCUT2D eigenvalue weighted by atomic mass is 79.9. The molecule has 0 fully saturated rings. The Kier molecular flexibility index (Phi) is 5.49. The quantitative estimate of drug-likeness (QED) is 0.716. The van der Waals surface area contributed by atoms with E-state index in [9.17, 15) is 0 Å². The molecule has 0 aliphatic carbocycles. The van der Waals surface area contributed by atoms with E-state index in [-0.39, 0.29) is 0 Å². The summed E-state index contributed by atoms with van der Waals surface area (Å²) in [5.74, 6) is 1.40. The number of rotatable bonds is 5. The van der Waals surface area contributed by atoms with Gasteiger partial charge in [-0.2, -0.15) is 0 Å². The van der Waals surface area contributed by atoms with Gasteiger partial charge in [-0.1, -0.05) is 41.9 Å². The molecular weight excluding hydrogens is 347 g/mol. The van der Waals surface area contributed by atoms with Crippen LogP contribution in [0.15, 0.2) is 47.1 Å². The molecule has 0 bridgehead atoms. The van der Waals surface area contributed by atoms with Crippen LogP contribution in [0.5, 0.6) is 0 Å². The van der Waals surface area contributed by atoms with Crippen LogP contribution in [-0.4, -0.2) is 17.4 Å². The number of alkyl halides is 1. The van der Waals surface area contributed by atoms with Gasteiger partial charge in [0.25, 0.3) is 0 Å². The molecule has 0 aliphatic heterocycles. The predicted octanol–water partition coefficient (Wildman–Crippen LogP) is 4.74. The second kappa shape index (κ2) is 7.13. The van der Waals surface area contributed by atoms with Crippen LogP contribution in [0.25, 0.3) is 0 Å². The van der Waals surface area contributed by atoms with Crippen molar-refractivity contribution in [2.24, 2.45) is 0 Å². The smallest absolute Gasteiger partial charge is 0.143 e. The number of hydrogen-bond acceptors (Lipinski definition) is 2. The monoisotopic (exact) mass is 358 g/mol. The molecular formula is C14H13BrCl2N2. The predicted molar refractivity (Wildman–Crippen MR) is 85.2 cm³/mol. The summed E-state index contributed by atoms with van der Waals surface area (Å²) in [5.41, 5.74) is 1.22. The van der Waals surface area contributed by atoms with Crippen molar-refractivity contribution in [3.63, 3.8) is 0 Å². The van der Waals surface area contributed by atoms with Crippen molar-refractivity contribution in [2.75, 3.05) is 17.3 Å². The summed E-state index contributed by atoms with van der Waals surface area (Å²) in [6, 6.07) is 12.1. The highest BCUT2D eigenvalue weighted by Crippen LogP contribution is 2.27. The lowest BCUT2D eigenvalue weighted by Gasteiger charge is -2.24. The summed E-state index contributed by atoms with van der Waals surface area (Å²) < 4.78 is 0.876. The molecule has 1 aromatic carbocycles. The van der Waals surface area contributed by atoms with Gasteiger partial charge in [0.05, 0.1) is 9.50 Å². The van der Waals surface area contributed by atoms with Gasteiger partial charge in [-0.05, 0) is 27.6 Å². The Labute approximate surface area is 131 Å². The van der Waals surface area contributed by atoms with Crippen molar-refractivity contribution < 1.29 is 0 Å². The number of aromatic nitrogens is 1. The van der Waals surface area contributed by atoms with E-state index in [1.54, 1.807) is 6.20 Å². The standard InChI is InChI=1S/C14H13BrCl2N2/c15-13-8-12(17)9-18-14(13)19(7-6-16)10-11-4-2-1-3-5-11/h1-5,8-9H,6-7,10H2. The van der Waals surface area contributed by atoms with E-state index < -0.39 is 0 Å². The minimum Gasteiger partial charge on any atom is -0.350 e. The number of hydrogen-bond donors (Lipinski definition) is 0. The van der Waals surface area contributed by atoms with E-state index in [2.05, 4.69) is 37.9 Å². The zero-order valence-electron chi connectivity index (χ0n) is 10.2. The van der Waals surface area contributed by atoms with Crippen LogP contribution in [0.4, 0.5) is 5.82 Å². The summed E-state index contributed by atoms with van der Waals surface area (Å²) >= 11 is 15.3. The Morgan fingerprint density at radius 3 is 2.58 bits per heavy atom. The van der Waals surface area contributed by atoms with Gasteiger partial charge >= 0.3 is 0 Å². The maximum Gasteiger partial charge on any atom is 0.143 e. The fourth-order valence-corrected chi connectivity index (χ4v) is 2.90. The van der Waals surface area contributed by atoms with Crippen molar-refractivity contribution in [1.29, 1.82) is 0 Å². The Balaban J connectivity index is 2.24. The zero-order chi connectivity index (χ0) is 13.7. The number of nitrogens with zero attached hydrogens (tertiary/aromatic N) is 2. The molecule has 0 atom stereocenters. The van der Waals surface area contributed by atoms with Gasteiger partial charge < -0.3 is 4.90 Å². The molecule has 2 aromatic rings. The summed E-state index contributed by atoms with van der Waals surface area (Å²) in [6.45, 7) is 1.49. The Morgan fingerprint density at radius 2 is 1.95 bits per heavy atom. The molecule has 0 saturated heterocycles. The first kappa shape index (κ1) is 14.6. The minimum absolute atomic E-state index is 0.545. The molecule has 2 rings (SSSR count). The van der Waals surface area contributed by atoms with Gasteiger partial charge in [0.15, 0.2) is 0 Å². The van der Waals surface area contributed by atoms with Crippen LogP contribution in [0.3, 0.4) is 0 Å². The maximum absolute atomic E-state index is 5.92. The third-order valence-corrected chi connectivity index (χ3v) is 3.62. The molecule has 19 heavy (non-hydrogen) atoms. The third-order valence-electron chi connectivity index (χ3n) is 2.66. The number of anilines is 1. The lowest BCUT2D eigenvalue weighted by atomic mass is 10.2. The summed E-state index contributed by atoms with van der Waals surface area (Å²) in [4.78, 5) is 6.51. The Hall–Kier alpha value is -0.770. The van der Waals surface area contributed by atoms with Crippen LogP contribution < -0.4 is 4.90 Å². The molecule has 0 unspecified atom stereocenters. The van der Waals surface area contributed by atoms with Gasteiger partial charge in [-0.3, -0.25) is 0 Å². The molecule has 0 saturated carbocycles. The van der Waals surface area contributed by atoms with Crippen LogP contribution in [0.2, 0.25) is 5.02 Å². The molecule has 0 spiro atoms. The Morgan fingerprint density at radius 1 is 1.21 bits per heavy atom. The molecule has 5 heteroatoms. The van der Waals surface area contributed by atoms with Crippen molar-refractivity contribution in [3.8, 4) is 0 Å². The van der Waals surface area contributed by atoms with Crippen molar-refractivity contribution in [3.05, 3.63) is 57.7 Å². The van der Waals surface area contributed by atoms with Gasteiger partial charge in [-0.15, -0.1) is 11.6 Å². The van der Waals surface area contributed by atoms with Crippen LogP contribution in [-0.2, 0) is 6.54 Å². The van der Waals surface area contributed by atoms with Crippen molar-refractivity contribution >= 4 is 44.9 Å². The molecule has 1 aromatic heterocycles. The SMILES string of the molecule is ClCCN(Cc1ccccc1)c1ncc(Cl)cc1Br. The lowest BCUT2D eigenvalue weighted by molar-refractivity contribution is 0.814. The van der Waals surface area contributed by atoms with Gasteiger partial charge in [0.2, 0.25) is 0 Å². The number of halogens is 3. The van der Waals surface area contributed by atoms with E-state index in [4.69, 9.17) is 23.2 Å². The molecule has 1 heterocycles. The van der Waals surface area contributed by atoms with E-state index in [0.717, 1.165) is 23.4 Å². The number of pyridine rings is 1. The van der Waals surface area contributed by atoms with E-state index in [0.29, 0.717) is 10.9 Å². The summed E-state index contributed by atoms with van der Waals surface area (Å²) in [5, 5.41) is 0.612. The first-order valence-corrected chi connectivity index (χ1v) is 7.57. The minimum atomic E-state index is 0.545. The van der Waals surface area contributed by atoms with E-state index in [1.807, 2.05) is 24.3 Å².